The summed E-state index contributed by atoms with van der Waals surface area (Å²) in [7, 11) is 0. The molecule has 0 radical (unpaired) electrons. The molecule has 1 aliphatic rings. The first-order valence-electron chi connectivity index (χ1n) is 5.34. The Morgan fingerprint density at radius 1 is 1.47 bits per heavy atom. The first-order valence-corrected chi connectivity index (χ1v) is 5.34. The summed E-state index contributed by atoms with van der Waals surface area (Å²) in [6.45, 7) is 2.04. The largest absolute Gasteiger partial charge is 0.381 e. The fraction of sp³-hybridized carbons (Fsp3) is 0.500. The van der Waals surface area contributed by atoms with Gasteiger partial charge in [-0.15, -0.1) is 0 Å². The van der Waals surface area contributed by atoms with Gasteiger partial charge < -0.3 is 10.5 Å². The molecule has 1 fully saturated rings. The van der Waals surface area contributed by atoms with E-state index in [0.717, 1.165) is 18.6 Å². The topological polar surface area (TPSA) is 35.2 Å². The number of nitrogens with two attached hydrogens (primary N) is 1. The van der Waals surface area contributed by atoms with Crippen LogP contribution >= 0.6 is 0 Å². The van der Waals surface area contributed by atoms with Crippen LogP contribution in [0.2, 0.25) is 0 Å². The summed E-state index contributed by atoms with van der Waals surface area (Å²) in [4.78, 5) is 0. The Balaban J connectivity index is 2.20. The lowest BCUT2D eigenvalue weighted by Gasteiger charge is -2.31. The molecule has 2 unspecified atom stereocenters. The van der Waals surface area contributed by atoms with Crippen molar-refractivity contribution in [2.75, 3.05) is 19.8 Å². The van der Waals surface area contributed by atoms with E-state index >= 15 is 0 Å². The highest BCUT2D eigenvalue weighted by atomic mass is 19.1. The van der Waals surface area contributed by atoms with Crippen LogP contribution in [-0.2, 0) is 4.74 Å². The molecule has 15 heavy (non-hydrogen) atoms. The van der Waals surface area contributed by atoms with Crippen molar-refractivity contribution in [1.82, 2.24) is 0 Å². The quantitative estimate of drug-likeness (QED) is 0.807. The summed E-state index contributed by atoms with van der Waals surface area (Å²) in [5.41, 5.74) is 6.75. The normalized spacial score (nSPS) is 26.5. The SMILES string of the molecule is NCC1COCCC1c1cccc(F)c1. The molecule has 1 heterocycles. The number of halogens is 1. The summed E-state index contributed by atoms with van der Waals surface area (Å²) in [5.74, 6) is 0.495. The van der Waals surface area contributed by atoms with E-state index in [0.29, 0.717) is 25.0 Å². The van der Waals surface area contributed by atoms with Crippen molar-refractivity contribution >= 4 is 0 Å². The molecule has 0 aliphatic carbocycles. The molecular weight excluding hydrogens is 193 g/mol. The standard InChI is InChI=1S/C12H16FNO/c13-11-3-1-2-9(6-11)12-4-5-15-8-10(12)7-14/h1-3,6,10,12H,4-5,7-8,14H2. The van der Waals surface area contributed by atoms with Gasteiger partial charge in [-0.3, -0.25) is 0 Å². The molecule has 1 saturated heterocycles. The second-order valence-electron chi connectivity index (χ2n) is 4.02. The van der Waals surface area contributed by atoms with Gasteiger partial charge in [-0.25, -0.2) is 4.39 Å². The molecule has 0 aromatic heterocycles. The molecule has 82 valence electrons. The van der Waals surface area contributed by atoms with Gasteiger partial charge in [0.15, 0.2) is 0 Å². The highest BCUT2D eigenvalue weighted by Crippen LogP contribution is 2.31. The van der Waals surface area contributed by atoms with Gasteiger partial charge in [0, 0.05) is 12.5 Å². The van der Waals surface area contributed by atoms with E-state index in [4.69, 9.17) is 10.5 Å². The summed E-state index contributed by atoms with van der Waals surface area (Å²) >= 11 is 0. The molecule has 2 nitrogen and oxygen atoms in total. The van der Waals surface area contributed by atoms with Gasteiger partial charge in [-0.05, 0) is 36.6 Å². The Hall–Kier alpha value is -0.930. The molecular formula is C12H16FNO. The van der Waals surface area contributed by atoms with E-state index in [2.05, 4.69) is 0 Å². The van der Waals surface area contributed by atoms with Crippen LogP contribution in [0.25, 0.3) is 0 Å². The van der Waals surface area contributed by atoms with Crippen molar-refractivity contribution in [3.8, 4) is 0 Å². The van der Waals surface area contributed by atoms with Gasteiger partial charge in [0.1, 0.15) is 5.82 Å². The van der Waals surface area contributed by atoms with E-state index in [1.165, 1.54) is 6.07 Å². The molecule has 2 N–H and O–H groups in total. The van der Waals surface area contributed by atoms with Crippen LogP contribution in [0.15, 0.2) is 24.3 Å². The Morgan fingerprint density at radius 3 is 3.07 bits per heavy atom. The average molecular weight is 209 g/mol. The minimum Gasteiger partial charge on any atom is -0.381 e. The van der Waals surface area contributed by atoms with Gasteiger partial charge in [0.2, 0.25) is 0 Å². The molecule has 2 atom stereocenters. The lowest BCUT2D eigenvalue weighted by molar-refractivity contribution is 0.0435. The van der Waals surface area contributed by atoms with E-state index < -0.39 is 0 Å². The maximum absolute atomic E-state index is 13.1. The zero-order chi connectivity index (χ0) is 10.7. The van der Waals surface area contributed by atoms with Crippen molar-refractivity contribution in [2.45, 2.75) is 12.3 Å². The number of rotatable bonds is 2. The minimum atomic E-state index is -0.172. The maximum Gasteiger partial charge on any atom is 0.123 e. The third-order valence-corrected chi connectivity index (χ3v) is 3.05. The van der Waals surface area contributed by atoms with Crippen molar-refractivity contribution in [3.05, 3.63) is 35.6 Å². The second-order valence-corrected chi connectivity index (χ2v) is 4.02. The fourth-order valence-corrected chi connectivity index (χ4v) is 2.21. The number of hydrogen-bond donors (Lipinski definition) is 1. The third-order valence-electron chi connectivity index (χ3n) is 3.05. The summed E-state index contributed by atoms with van der Waals surface area (Å²) < 4.78 is 18.5. The van der Waals surface area contributed by atoms with Gasteiger partial charge >= 0.3 is 0 Å². The number of hydrogen-bond acceptors (Lipinski definition) is 2. The second kappa shape index (κ2) is 4.73. The van der Waals surface area contributed by atoms with Crippen LogP contribution < -0.4 is 5.73 Å². The predicted octanol–water partition coefficient (Wildman–Crippen LogP) is 1.90. The molecule has 0 saturated carbocycles. The molecule has 0 amide bonds. The predicted molar refractivity (Wildman–Crippen MR) is 57.1 cm³/mol. The van der Waals surface area contributed by atoms with E-state index in [1.807, 2.05) is 6.07 Å². The van der Waals surface area contributed by atoms with Crippen molar-refractivity contribution < 1.29 is 9.13 Å². The van der Waals surface area contributed by atoms with Gasteiger partial charge in [0.05, 0.1) is 6.61 Å². The molecule has 0 spiro atoms. The summed E-state index contributed by atoms with van der Waals surface area (Å²) in [6.07, 6.45) is 0.936. The lowest BCUT2D eigenvalue weighted by atomic mass is 9.83. The fourth-order valence-electron chi connectivity index (χ4n) is 2.21. The molecule has 1 aromatic carbocycles. The highest BCUT2D eigenvalue weighted by molar-refractivity contribution is 5.22. The zero-order valence-corrected chi connectivity index (χ0v) is 8.66. The molecule has 1 aromatic rings. The number of ether oxygens (including phenoxy) is 1. The maximum atomic E-state index is 13.1. The first kappa shape index (κ1) is 10.6. The van der Waals surface area contributed by atoms with Crippen molar-refractivity contribution in [1.29, 1.82) is 0 Å². The Morgan fingerprint density at radius 2 is 2.33 bits per heavy atom. The molecule has 3 heteroatoms. The smallest absolute Gasteiger partial charge is 0.123 e. The lowest BCUT2D eigenvalue weighted by Crippen LogP contribution is -2.31. The monoisotopic (exact) mass is 209 g/mol. The molecule has 0 bridgehead atoms. The molecule has 2 rings (SSSR count). The van der Waals surface area contributed by atoms with E-state index in [9.17, 15) is 4.39 Å². The van der Waals surface area contributed by atoms with Crippen molar-refractivity contribution in [2.24, 2.45) is 11.7 Å². The van der Waals surface area contributed by atoms with Crippen LogP contribution in [0.5, 0.6) is 0 Å². The van der Waals surface area contributed by atoms with Crippen molar-refractivity contribution in [3.63, 3.8) is 0 Å². The van der Waals surface area contributed by atoms with Crippen LogP contribution in [0, 0.1) is 11.7 Å². The van der Waals surface area contributed by atoms with E-state index in [-0.39, 0.29) is 5.82 Å². The van der Waals surface area contributed by atoms with Crippen LogP contribution in [0.1, 0.15) is 17.9 Å². The zero-order valence-electron chi connectivity index (χ0n) is 8.66. The van der Waals surface area contributed by atoms with Gasteiger partial charge in [0.25, 0.3) is 0 Å². The van der Waals surface area contributed by atoms with Gasteiger partial charge in [-0.2, -0.15) is 0 Å². The Labute approximate surface area is 89.2 Å². The Kier molecular flexibility index (Phi) is 3.34. The minimum absolute atomic E-state index is 0.172. The average Bonchev–Trinajstić information content (AvgIpc) is 2.29. The summed E-state index contributed by atoms with van der Waals surface area (Å²) in [6, 6.07) is 6.81. The number of benzene rings is 1. The van der Waals surface area contributed by atoms with Crippen LogP contribution in [0.3, 0.4) is 0 Å². The first-order chi connectivity index (χ1) is 7.31. The van der Waals surface area contributed by atoms with Crippen LogP contribution in [0.4, 0.5) is 4.39 Å². The van der Waals surface area contributed by atoms with Gasteiger partial charge in [-0.1, -0.05) is 12.1 Å². The van der Waals surface area contributed by atoms with Crippen LogP contribution in [-0.4, -0.2) is 19.8 Å². The Bertz CT molecular complexity index is 329. The molecule has 1 aliphatic heterocycles. The summed E-state index contributed by atoms with van der Waals surface area (Å²) in [5, 5.41) is 0. The third kappa shape index (κ3) is 2.36. The van der Waals surface area contributed by atoms with E-state index in [1.54, 1.807) is 12.1 Å². The highest BCUT2D eigenvalue weighted by Gasteiger charge is 2.26.